The zero-order valence-electron chi connectivity index (χ0n) is 17.2. The molecule has 0 spiro atoms. The van der Waals surface area contributed by atoms with Crippen molar-refractivity contribution < 1.29 is 14.3 Å². The van der Waals surface area contributed by atoms with Gasteiger partial charge in [-0.05, 0) is 30.9 Å². The molecule has 30 heavy (non-hydrogen) atoms. The van der Waals surface area contributed by atoms with Crippen LogP contribution < -0.4 is 20.5 Å². The number of amides is 1. The van der Waals surface area contributed by atoms with Gasteiger partial charge in [-0.3, -0.25) is 4.79 Å². The summed E-state index contributed by atoms with van der Waals surface area (Å²) < 4.78 is 11.5. The summed E-state index contributed by atoms with van der Waals surface area (Å²) >= 11 is 1.46. The molecule has 1 aliphatic rings. The number of anilines is 1. The van der Waals surface area contributed by atoms with Crippen molar-refractivity contribution >= 4 is 33.1 Å². The van der Waals surface area contributed by atoms with E-state index in [1.54, 1.807) is 38.6 Å². The average molecular weight is 427 g/mol. The van der Waals surface area contributed by atoms with Gasteiger partial charge >= 0.3 is 0 Å². The molecule has 0 bridgehead atoms. The van der Waals surface area contributed by atoms with Crippen molar-refractivity contribution in [1.82, 2.24) is 9.97 Å². The van der Waals surface area contributed by atoms with Crippen LogP contribution in [-0.4, -0.2) is 36.1 Å². The fourth-order valence-corrected chi connectivity index (χ4v) is 4.78. The van der Waals surface area contributed by atoms with E-state index in [2.05, 4.69) is 10.3 Å². The number of methoxy groups -OCH3 is 2. The molecular weight excluding hydrogens is 400 g/mol. The number of carbonyl (C=O) groups is 1. The van der Waals surface area contributed by atoms with Crippen molar-refractivity contribution in [3.63, 3.8) is 0 Å². The predicted octanol–water partition coefficient (Wildman–Crippen LogP) is 4.02. The van der Waals surface area contributed by atoms with Crippen LogP contribution >= 0.6 is 11.3 Å². The standard InChI is InChI=1S/C22H26N4O3S/c1-28-14-7-8-17(18(10-14)29-2)25-22(27)15-12-30-19-11-24-20(26-21(15)19)9-13-5-3-4-6-16(13)23/h7-8,10-13,16H,3-6,9,23H2,1-2H3,(H,25,27). The summed E-state index contributed by atoms with van der Waals surface area (Å²) in [5.74, 6) is 2.10. The molecule has 3 aromatic rings. The molecule has 1 fully saturated rings. The molecule has 4 rings (SSSR count). The Hall–Kier alpha value is -2.71. The van der Waals surface area contributed by atoms with Crippen molar-refractivity contribution in [1.29, 1.82) is 0 Å². The maximum atomic E-state index is 13.0. The summed E-state index contributed by atoms with van der Waals surface area (Å²) in [6.07, 6.45) is 7.12. The van der Waals surface area contributed by atoms with Crippen molar-refractivity contribution in [2.45, 2.75) is 38.1 Å². The molecule has 1 aliphatic carbocycles. The highest BCUT2D eigenvalue weighted by Gasteiger charge is 2.24. The predicted molar refractivity (Wildman–Crippen MR) is 119 cm³/mol. The number of nitrogens with two attached hydrogens (primary N) is 1. The maximum Gasteiger partial charge on any atom is 0.258 e. The summed E-state index contributed by atoms with van der Waals surface area (Å²) in [4.78, 5) is 22.2. The number of thiophene rings is 1. The molecule has 2 atom stereocenters. The van der Waals surface area contributed by atoms with Crippen LogP contribution in [0.5, 0.6) is 11.5 Å². The Morgan fingerprint density at radius 1 is 1.27 bits per heavy atom. The minimum Gasteiger partial charge on any atom is -0.497 e. The lowest BCUT2D eigenvalue weighted by Crippen LogP contribution is -2.34. The van der Waals surface area contributed by atoms with Gasteiger partial charge in [0.25, 0.3) is 5.91 Å². The number of hydrogen-bond donors (Lipinski definition) is 2. The number of fused-ring (bicyclic) bond motifs is 1. The molecule has 0 radical (unpaired) electrons. The van der Waals surface area contributed by atoms with Crippen LogP contribution in [0.2, 0.25) is 0 Å². The molecule has 1 saturated carbocycles. The minimum absolute atomic E-state index is 0.200. The first-order chi connectivity index (χ1) is 14.6. The van der Waals surface area contributed by atoms with Gasteiger partial charge in [0.05, 0.1) is 35.7 Å². The lowest BCUT2D eigenvalue weighted by molar-refractivity contribution is 0.102. The quantitative estimate of drug-likeness (QED) is 0.618. The highest BCUT2D eigenvalue weighted by molar-refractivity contribution is 7.17. The largest absolute Gasteiger partial charge is 0.497 e. The molecule has 3 N–H and O–H groups in total. The van der Waals surface area contributed by atoms with E-state index in [9.17, 15) is 4.79 Å². The Labute approximate surface area is 179 Å². The molecule has 0 aliphatic heterocycles. The number of hydrogen-bond acceptors (Lipinski definition) is 7. The number of ether oxygens (including phenoxy) is 2. The van der Waals surface area contributed by atoms with Crippen LogP contribution in [0.3, 0.4) is 0 Å². The van der Waals surface area contributed by atoms with E-state index in [0.29, 0.717) is 34.2 Å². The average Bonchev–Trinajstić information content (AvgIpc) is 3.19. The monoisotopic (exact) mass is 426 g/mol. The Kier molecular flexibility index (Phi) is 6.15. The fraction of sp³-hybridized carbons (Fsp3) is 0.409. The third-order valence-electron chi connectivity index (χ3n) is 5.68. The highest BCUT2D eigenvalue weighted by atomic mass is 32.1. The second kappa shape index (κ2) is 8.97. The topological polar surface area (TPSA) is 99.4 Å². The van der Waals surface area contributed by atoms with Gasteiger partial charge in [-0.2, -0.15) is 0 Å². The minimum atomic E-state index is -0.233. The normalized spacial score (nSPS) is 18.9. The van der Waals surface area contributed by atoms with Crippen LogP contribution in [0.15, 0.2) is 29.8 Å². The Morgan fingerprint density at radius 3 is 2.87 bits per heavy atom. The van der Waals surface area contributed by atoms with Gasteiger partial charge in [0.2, 0.25) is 0 Å². The zero-order chi connectivity index (χ0) is 21.1. The van der Waals surface area contributed by atoms with Crippen molar-refractivity contribution in [3.8, 4) is 11.5 Å². The molecule has 8 heteroatoms. The number of carbonyl (C=O) groups excluding carboxylic acids is 1. The summed E-state index contributed by atoms with van der Waals surface area (Å²) in [6, 6.07) is 5.47. The van der Waals surface area contributed by atoms with E-state index >= 15 is 0 Å². The molecule has 158 valence electrons. The van der Waals surface area contributed by atoms with Crippen LogP contribution in [0.4, 0.5) is 5.69 Å². The molecule has 1 amide bonds. The van der Waals surface area contributed by atoms with Gasteiger partial charge in [-0.15, -0.1) is 11.3 Å². The lowest BCUT2D eigenvalue weighted by atomic mass is 9.83. The zero-order valence-corrected chi connectivity index (χ0v) is 18.0. The van der Waals surface area contributed by atoms with Crippen molar-refractivity contribution in [3.05, 3.63) is 41.2 Å². The highest BCUT2D eigenvalue weighted by Crippen LogP contribution is 2.31. The number of nitrogens with one attached hydrogen (secondary N) is 1. The van der Waals surface area contributed by atoms with Gasteiger partial charge in [0, 0.05) is 30.1 Å². The molecule has 1 aromatic carbocycles. The molecule has 2 unspecified atom stereocenters. The third-order valence-corrected chi connectivity index (χ3v) is 6.58. The maximum absolute atomic E-state index is 13.0. The SMILES string of the molecule is COc1ccc(NC(=O)c2csc3cnc(CC4CCCCC4N)nc23)c(OC)c1. The van der Waals surface area contributed by atoms with E-state index < -0.39 is 0 Å². The second-order valence-electron chi connectivity index (χ2n) is 7.58. The summed E-state index contributed by atoms with van der Waals surface area (Å²) in [5, 5.41) is 4.74. The molecule has 7 nitrogen and oxygen atoms in total. The van der Waals surface area contributed by atoms with Crippen LogP contribution in [-0.2, 0) is 6.42 Å². The lowest BCUT2D eigenvalue weighted by Gasteiger charge is -2.27. The van der Waals surface area contributed by atoms with Crippen molar-refractivity contribution in [2.75, 3.05) is 19.5 Å². The molecule has 2 heterocycles. The number of rotatable bonds is 6. The van der Waals surface area contributed by atoms with Crippen LogP contribution in [0.1, 0.15) is 41.9 Å². The Balaban J connectivity index is 1.57. The first-order valence-corrected chi connectivity index (χ1v) is 11.0. The fourth-order valence-electron chi connectivity index (χ4n) is 3.94. The summed E-state index contributed by atoms with van der Waals surface area (Å²) in [6.45, 7) is 0. The number of benzene rings is 1. The molecular formula is C22H26N4O3S. The van der Waals surface area contributed by atoms with E-state index in [0.717, 1.165) is 29.8 Å². The van der Waals surface area contributed by atoms with Gasteiger partial charge in [-0.1, -0.05) is 12.8 Å². The molecule has 2 aromatic heterocycles. The first kappa shape index (κ1) is 20.6. The van der Waals surface area contributed by atoms with Crippen molar-refractivity contribution in [2.24, 2.45) is 11.7 Å². The van der Waals surface area contributed by atoms with E-state index in [4.69, 9.17) is 20.2 Å². The molecule has 0 saturated heterocycles. The Morgan fingerprint density at radius 2 is 2.10 bits per heavy atom. The number of nitrogens with zero attached hydrogens (tertiary/aromatic N) is 2. The van der Waals surface area contributed by atoms with Gasteiger partial charge < -0.3 is 20.5 Å². The van der Waals surface area contributed by atoms with Crippen LogP contribution in [0.25, 0.3) is 10.2 Å². The second-order valence-corrected chi connectivity index (χ2v) is 8.49. The number of aromatic nitrogens is 2. The van der Waals surface area contributed by atoms with Gasteiger partial charge in [0.15, 0.2) is 0 Å². The van der Waals surface area contributed by atoms with E-state index in [1.807, 2.05) is 5.38 Å². The smallest absolute Gasteiger partial charge is 0.258 e. The summed E-state index contributed by atoms with van der Waals surface area (Å²) in [7, 11) is 3.14. The van der Waals surface area contributed by atoms with Gasteiger partial charge in [-0.25, -0.2) is 9.97 Å². The van der Waals surface area contributed by atoms with Gasteiger partial charge in [0.1, 0.15) is 17.3 Å². The Bertz CT molecular complexity index is 1050. The third kappa shape index (κ3) is 4.24. The first-order valence-electron chi connectivity index (χ1n) is 10.1. The summed E-state index contributed by atoms with van der Waals surface area (Å²) in [5.41, 5.74) is 8.08. The van der Waals surface area contributed by atoms with E-state index in [1.165, 1.54) is 24.2 Å². The van der Waals surface area contributed by atoms with Crippen LogP contribution in [0, 0.1) is 5.92 Å². The van der Waals surface area contributed by atoms with E-state index in [-0.39, 0.29) is 11.9 Å².